The largest absolute Gasteiger partial charge is 0.416 e. The summed E-state index contributed by atoms with van der Waals surface area (Å²) in [5, 5.41) is 0. The molecule has 4 N–H and O–H groups in total. The summed E-state index contributed by atoms with van der Waals surface area (Å²) in [7, 11) is 0. The molecule has 3 aromatic rings. The van der Waals surface area contributed by atoms with Crippen molar-refractivity contribution in [2.24, 2.45) is 5.73 Å². The minimum Gasteiger partial charge on any atom is -0.326 e. The van der Waals surface area contributed by atoms with Crippen LogP contribution in [0.1, 0.15) is 27.2 Å². The number of amides is 1. The van der Waals surface area contributed by atoms with Gasteiger partial charge in [0, 0.05) is 17.9 Å². The number of nitrogens with zero attached hydrogens (tertiary/aromatic N) is 1. The molecule has 0 aliphatic heterocycles. The molecule has 156 valence electrons. The summed E-state index contributed by atoms with van der Waals surface area (Å²) >= 11 is 0. The number of halogens is 3. The zero-order valence-electron chi connectivity index (χ0n) is 16.0. The van der Waals surface area contributed by atoms with Gasteiger partial charge in [0.05, 0.1) is 11.3 Å². The molecule has 6 nitrogen and oxygen atoms in total. The van der Waals surface area contributed by atoms with Gasteiger partial charge in [-0.3, -0.25) is 25.0 Å². The fourth-order valence-electron chi connectivity index (χ4n) is 2.87. The van der Waals surface area contributed by atoms with Gasteiger partial charge in [0.1, 0.15) is 5.56 Å². The molecule has 1 amide bonds. The van der Waals surface area contributed by atoms with Crippen molar-refractivity contribution < 1.29 is 18.0 Å². The molecule has 9 heteroatoms. The maximum Gasteiger partial charge on any atom is 0.416 e. The SMILES string of the molecule is Cc1ccc(C(=O)NNc2ccc(CN)cc2)c(=O)n1-c1cccc(C(F)(F)F)c1. The van der Waals surface area contributed by atoms with Crippen molar-refractivity contribution in [1.82, 2.24) is 9.99 Å². The van der Waals surface area contributed by atoms with Gasteiger partial charge in [-0.2, -0.15) is 13.2 Å². The number of nitrogens with two attached hydrogens (primary N) is 1. The molecule has 0 aliphatic carbocycles. The van der Waals surface area contributed by atoms with Crippen LogP contribution in [0.4, 0.5) is 18.9 Å². The number of hydrazine groups is 1. The van der Waals surface area contributed by atoms with Crippen LogP contribution in [0.3, 0.4) is 0 Å². The van der Waals surface area contributed by atoms with Crippen LogP contribution < -0.4 is 22.1 Å². The van der Waals surface area contributed by atoms with Crippen LogP contribution in [0, 0.1) is 6.92 Å². The Kier molecular flexibility index (Phi) is 5.93. The first-order valence-corrected chi connectivity index (χ1v) is 8.96. The number of pyridine rings is 1. The van der Waals surface area contributed by atoms with E-state index in [-0.39, 0.29) is 11.3 Å². The maximum atomic E-state index is 13.0. The van der Waals surface area contributed by atoms with E-state index in [4.69, 9.17) is 5.73 Å². The molecule has 0 unspecified atom stereocenters. The number of carbonyl (C=O) groups excluding carboxylic acids is 1. The van der Waals surface area contributed by atoms with Crippen molar-refractivity contribution in [2.75, 3.05) is 5.43 Å². The summed E-state index contributed by atoms with van der Waals surface area (Å²) in [5.41, 5.74) is 10.7. The number of aromatic nitrogens is 1. The highest BCUT2D eigenvalue weighted by Crippen LogP contribution is 2.30. The van der Waals surface area contributed by atoms with Gasteiger partial charge in [0.2, 0.25) is 0 Å². The highest BCUT2D eigenvalue weighted by Gasteiger charge is 2.30. The minimum absolute atomic E-state index is 0.0207. The lowest BCUT2D eigenvalue weighted by molar-refractivity contribution is -0.137. The average Bonchev–Trinajstić information content (AvgIpc) is 2.72. The number of benzene rings is 2. The second-order valence-corrected chi connectivity index (χ2v) is 6.56. The van der Waals surface area contributed by atoms with Crippen LogP contribution in [0.2, 0.25) is 0 Å². The zero-order chi connectivity index (χ0) is 21.9. The predicted molar refractivity (Wildman–Crippen MR) is 107 cm³/mol. The normalized spacial score (nSPS) is 11.2. The summed E-state index contributed by atoms with van der Waals surface area (Å²) < 4.78 is 40.2. The third kappa shape index (κ3) is 4.52. The van der Waals surface area contributed by atoms with E-state index in [1.54, 1.807) is 31.2 Å². The number of aryl methyl sites for hydroxylation is 1. The van der Waals surface area contributed by atoms with Crippen molar-refractivity contribution in [3.63, 3.8) is 0 Å². The molecule has 30 heavy (non-hydrogen) atoms. The fourth-order valence-corrected chi connectivity index (χ4v) is 2.87. The lowest BCUT2D eigenvalue weighted by atomic mass is 10.1. The van der Waals surface area contributed by atoms with Gasteiger partial charge in [-0.05, 0) is 55.0 Å². The first-order valence-electron chi connectivity index (χ1n) is 8.96. The number of alkyl halides is 3. The van der Waals surface area contributed by atoms with Gasteiger partial charge in [-0.15, -0.1) is 0 Å². The molecule has 0 fully saturated rings. The first-order chi connectivity index (χ1) is 14.2. The van der Waals surface area contributed by atoms with Gasteiger partial charge in [0.15, 0.2) is 0 Å². The smallest absolute Gasteiger partial charge is 0.326 e. The second-order valence-electron chi connectivity index (χ2n) is 6.56. The Morgan fingerprint density at radius 1 is 1.07 bits per heavy atom. The van der Waals surface area contributed by atoms with Gasteiger partial charge in [0.25, 0.3) is 11.5 Å². The molecule has 0 atom stereocenters. The third-order valence-electron chi connectivity index (χ3n) is 4.46. The van der Waals surface area contributed by atoms with E-state index in [1.165, 1.54) is 24.3 Å². The summed E-state index contributed by atoms with van der Waals surface area (Å²) in [6.07, 6.45) is -4.55. The summed E-state index contributed by atoms with van der Waals surface area (Å²) in [4.78, 5) is 25.4. The number of rotatable bonds is 5. The monoisotopic (exact) mass is 416 g/mol. The summed E-state index contributed by atoms with van der Waals surface area (Å²) in [6.45, 7) is 1.95. The van der Waals surface area contributed by atoms with E-state index >= 15 is 0 Å². The number of carbonyl (C=O) groups is 1. The van der Waals surface area contributed by atoms with E-state index < -0.39 is 23.2 Å². The predicted octanol–water partition coefficient (Wildman–Crippen LogP) is 3.38. The second kappa shape index (κ2) is 8.42. The van der Waals surface area contributed by atoms with E-state index in [1.807, 2.05) is 0 Å². The Bertz CT molecular complexity index is 1120. The molecular formula is C21H19F3N4O2. The van der Waals surface area contributed by atoms with Crippen molar-refractivity contribution in [1.29, 1.82) is 0 Å². The molecule has 0 aliphatic rings. The summed E-state index contributed by atoms with van der Waals surface area (Å²) in [6, 6.07) is 14.2. The molecule has 1 aromatic heterocycles. The summed E-state index contributed by atoms with van der Waals surface area (Å²) in [5.74, 6) is -0.719. The average molecular weight is 416 g/mol. The Morgan fingerprint density at radius 2 is 1.77 bits per heavy atom. The molecule has 1 heterocycles. The molecule has 0 saturated carbocycles. The van der Waals surface area contributed by atoms with Crippen LogP contribution in [0.25, 0.3) is 5.69 Å². The topological polar surface area (TPSA) is 89.2 Å². The van der Waals surface area contributed by atoms with Crippen molar-refractivity contribution in [3.8, 4) is 5.69 Å². The Hall–Kier alpha value is -3.59. The van der Waals surface area contributed by atoms with Crippen LogP contribution in [0.15, 0.2) is 65.5 Å². The standard InChI is InChI=1S/C21H19F3N4O2/c1-13-5-10-18(19(29)27-26-16-8-6-14(12-25)7-9-16)20(30)28(13)17-4-2-3-15(11-17)21(22,23)24/h2-11,26H,12,25H2,1H3,(H,27,29). The molecule has 0 bridgehead atoms. The quantitative estimate of drug-likeness (QED) is 0.557. The fraction of sp³-hybridized carbons (Fsp3) is 0.143. The Labute approximate surface area is 170 Å². The Morgan fingerprint density at radius 3 is 2.40 bits per heavy atom. The van der Waals surface area contributed by atoms with Gasteiger partial charge >= 0.3 is 6.18 Å². The van der Waals surface area contributed by atoms with Crippen molar-refractivity contribution in [3.05, 3.63) is 93.4 Å². The lowest BCUT2D eigenvalue weighted by Crippen LogP contribution is -2.36. The number of anilines is 1. The van der Waals surface area contributed by atoms with Gasteiger partial charge < -0.3 is 5.73 Å². The van der Waals surface area contributed by atoms with Gasteiger partial charge in [-0.25, -0.2) is 0 Å². The number of nitrogens with one attached hydrogen (secondary N) is 2. The molecular weight excluding hydrogens is 397 g/mol. The van der Waals surface area contributed by atoms with Crippen LogP contribution in [-0.4, -0.2) is 10.5 Å². The van der Waals surface area contributed by atoms with Gasteiger partial charge in [-0.1, -0.05) is 18.2 Å². The van der Waals surface area contributed by atoms with E-state index in [0.717, 1.165) is 22.3 Å². The van der Waals surface area contributed by atoms with Crippen LogP contribution >= 0.6 is 0 Å². The zero-order valence-corrected chi connectivity index (χ0v) is 16.0. The third-order valence-corrected chi connectivity index (χ3v) is 4.46. The van der Waals surface area contributed by atoms with Crippen LogP contribution in [-0.2, 0) is 12.7 Å². The highest BCUT2D eigenvalue weighted by atomic mass is 19.4. The maximum absolute atomic E-state index is 13.0. The molecule has 0 saturated heterocycles. The highest BCUT2D eigenvalue weighted by molar-refractivity contribution is 5.94. The van der Waals surface area contributed by atoms with Crippen molar-refractivity contribution in [2.45, 2.75) is 19.6 Å². The minimum atomic E-state index is -4.55. The molecule has 0 radical (unpaired) electrons. The van der Waals surface area contributed by atoms with E-state index in [9.17, 15) is 22.8 Å². The molecule has 2 aromatic carbocycles. The lowest BCUT2D eigenvalue weighted by Gasteiger charge is -2.15. The molecule has 0 spiro atoms. The van der Waals surface area contributed by atoms with E-state index in [0.29, 0.717) is 17.9 Å². The number of hydrogen-bond acceptors (Lipinski definition) is 4. The first kappa shape index (κ1) is 21.1. The Balaban J connectivity index is 1.89. The van der Waals surface area contributed by atoms with E-state index in [2.05, 4.69) is 10.9 Å². The number of hydrogen-bond donors (Lipinski definition) is 3. The molecule has 3 rings (SSSR count). The van der Waals surface area contributed by atoms with Crippen LogP contribution in [0.5, 0.6) is 0 Å². The van der Waals surface area contributed by atoms with Crippen molar-refractivity contribution >= 4 is 11.6 Å².